The summed E-state index contributed by atoms with van der Waals surface area (Å²) in [4.78, 5) is 16.3. The van der Waals surface area contributed by atoms with E-state index in [0.29, 0.717) is 30.5 Å². The lowest BCUT2D eigenvalue weighted by molar-refractivity contribution is -0.121. The molecule has 128 valence electrons. The quantitative estimate of drug-likeness (QED) is 0.716. The molecule has 1 aromatic heterocycles. The Hall–Kier alpha value is -2.41. The average Bonchev–Trinajstić information content (AvgIpc) is 3.30. The van der Waals surface area contributed by atoms with Crippen molar-refractivity contribution in [1.29, 1.82) is 0 Å². The first kappa shape index (κ1) is 16.4. The molecule has 0 radical (unpaired) electrons. The van der Waals surface area contributed by atoms with Gasteiger partial charge in [-0.15, -0.1) is 0 Å². The highest BCUT2D eigenvalue weighted by Crippen LogP contribution is 2.19. The van der Waals surface area contributed by atoms with Gasteiger partial charge in [0.1, 0.15) is 11.6 Å². The zero-order valence-corrected chi connectivity index (χ0v) is 13.8. The number of nitrogens with zero attached hydrogens (tertiary/aromatic N) is 2. The summed E-state index contributed by atoms with van der Waals surface area (Å²) < 4.78 is 5.13. The van der Waals surface area contributed by atoms with Crippen LogP contribution in [-0.2, 0) is 11.3 Å². The van der Waals surface area contributed by atoms with Crippen molar-refractivity contribution in [2.45, 2.75) is 25.8 Å². The summed E-state index contributed by atoms with van der Waals surface area (Å²) >= 11 is 0. The molecule has 1 saturated heterocycles. The van der Waals surface area contributed by atoms with E-state index in [4.69, 9.17) is 4.74 Å². The fourth-order valence-corrected chi connectivity index (χ4v) is 2.81. The van der Waals surface area contributed by atoms with Crippen LogP contribution in [0, 0.1) is 5.92 Å². The van der Waals surface area contributed by atoms with Crippen LogP contribution in [0.4, 0.5) is 0 Å². The number of rotatable bonds is 7. The van der Waals surface area contributed by atoms with Gasteiger partial charge in [0.2, 0.25) is 5.91 Å². The lowest BCUT2D eigenvalue weighted by Gasteiger charge is -2.07. The molecule has 1 amide bonds. The summed E-state index contributed by atoms with van der Waals surface area (Å²) in [5, 5.41) is 13.3. The first-order valence-electron chi connectivity index (χ1n) is 8.27. The van der Waals surface area contributed by atoms with Crippen LogP contribution in [0.3, 0.4) is 0 Å². The maximum atomic E-state index is 11.9. The Kier molecular flexibility index (Phi) is 5.43. The lowest BCUT2D eigenvalue weighted by atomic mass is 10.0. The number of hydrogen-bond acceptors (Lipinski definition) is 5. The Morgan fingerprint density at radius 3 is 2.92 bits per heavy atom. The van der Waals surface area contributed by atoms with Crippen LogP contribution in [0.25, 0.3) is 11.4 Å². The molecule has 2 aromatic rings. The minimum absolute atomic E-state index is 0.0595. The van der Waals surface area contributed by atoms with Gasteiger partial charge in [-0.3, -0.25) is 9.89 Å². The fourth-order valence-electron chi connectivity index (χ4n) is 2.81. The Morgan fingerprint density at radius 2 is 2.21 bits per heavy atom. The van der Waals surface area contributed by atoms with E-state index < -0.39 is 0 Å². The molecule has 0 bridgehead atoms. The van der Waals surface area contributed by atoms with Crippen molar-refractivity contribution >= 4 is 5.91 Å². The van der Waals surface area contributed by atoms with E-state index in [2.05, 4.69) is 25.8 Å². The van der Waals surface area contributed by atoms with Gasteiger partial charge in [0, 0.05) is 12.0 Å². The second kappa shape index (κ2) is 7.92. The molecule has 1 aromatic carbocycles. The molecular formula is C17H23N5O2. The fraction of sp³-hybridized carbons (Fsp3) is 0.471. The summed E-state index contributed by atoms with van der Waals surface area (Å²) in [5.41, 5.74) is 0.901. The topological polar surface area (TPSA) is 91.9 Å². The van der Waals surface area contributed by atoms with Crippen molar-refractivity contribution in [3.63, 3.8) is 0 Å². The Balaban J connectivity index is 1.47. The molecule has 1 aliphatic heterocycles. The third kappa shape index (κ3) is 4.32. The van der Waals surface area contributed by atoms with Crippen LogP contribution in [0.1, 0.15) is 25.1 Å². The normalized spacial score (nSPS) is 17.0. The Morgan fingerprint density at radius 1 is 1.38 bits per heavy atom. The molecule has 7 heteroatoms. The number of carbonyl (C=O) groups is 1. The third-order valence-corrected chi connectivity index (χ3v) is 4.27. The number of aromatic amines is 1. The number of amides is 1. The van der Waals surface area contributed by atoms with Crippen molar-refractivity contribution in [1.82, 2.24) is 25.8 Å². The van der Waals surface area contributed by atoms with E-state index in [1.54, 1.807) is 7.11 Å². The second-order valence-corrected chi connectivity index (χ2v) is 6.01. The number of nitrogens with one attached hydrogen (secondary N) is 3. The molecule has 0 aliphatic carbocycles. The zero-order valence-electron chi connectivity index (χ0n) is 13.8. The predicted molar refractivity (Wildman–Crippen MR) is 90.4 cm³/mol. The Bertz CT molecular complexity index is 662. The molecule has 1 atom stereocenters. The van der Waals surface area contributed by atoms with Gasteiger partial charge in [-0.05, 0) is 56.1 Å². The van der Waals surface area contributed by atoms with Gasteiger partial charge in [-0.2, -0.15) is 5.10 Å². The molecule has 0 saturated carbocycles. The van der Waals surface area contributed by atoms with E-state index in [1.165, 1.54) is 6.42 Å². The van der Waals surface area contributed by atoms with Crippen LogP contribution in [0.2, 0.25) is 0 Å². The van der Waals surface area contributed by atoms with Crippen LogP contribution in [0.15, 0.2) is 24.3 Å². The Labute approximate surface area is 141 Å². The highest BCUT2D eigenvalue weighted by molar-refractivity contribution is 5.75. The van der Waals surface area contributed by atoms with Gasteiger partial charge in [-0.25, -0.2) is 4.98 Å². The summed E-state index contributed by atoms with van der Waals surface area (Å²) in [6.07, 6.45) is 2.67. The van der Waals surface area contributed by atoms with Gasteiger partial charge < -0.3 is 15.4 Å². The highest BCUT2D eigenvalue weighted by Gasteiger charge is 2.15. The van der Waals surface area contributed by atoms with Gasteiger partial charge in [0.15, 0.2) is 5.82 Å². The number of hydrogen-bond donors (Lipinski definition) is 3. The number of ether oxygens (including phenoxy) is 1. The number of aromatic nitrogens is 3. The number of benzene rings is 1. The van der Waals surface area contributed by atoms with Crippen molar-refractivity contribution in [2.75, 3.05) is 20.2 Å². The maximum absolute atomic E-state index is 11.9. The SMILES string of the molecule is COc1ccc(-c2n[nH]c(CNC(=O)CCC3CCNC3)n2)cc1. The van der Waals surface area contributed by atoms with Crippen molar-refractivity contribution in [3.8, 4) is 17.1 Å². The molecule has 7 nitrogen and oxygen atoms in total. The van der Waals surface area contributed by atoms with E-state index in [9.17, 15) is 4.79 Å². The third-order valence-electron chi connectivity index (χ3n) is 4.27. The van der Waals surface area contributed by atoms with Crippen molar-refractivity contribution in [2.24, 2.45) is 5.92 Å². The molecular weight excluding hydrogens is 306 g/mol. The number of carbonyl (C=O) groups excluding carboxylic acids is 1. The number of methoxy groups -OCH3 is 1. The van der Waals surface area contributed by atoms with Crippen LogP contribution < -0.4 is 15.4 Å². The zero-order chi connectivity index (χ0) is 16.8. The van der Waals surface area contributed by atoms with Gasteiger partial charge >= 0.3 is 0 Å². The molecule has 2 heterocycles. The van der Waals surface area contributed by atoms with Crippen LogP contribution >= 0.6 is 0 Å². The van der Waals surface area contributed by atoms with Crippen LogP contribution in [-0.4, -0.2) is 41.3 Å². The minimum atomic E-state index is 0.0595. The average molecular weight is 329 g/mol. The summed E-state index contributed by atoms with van der Waals surface area (Å²) in [5.74, 6) is 2.74. The maximum Gasteiger partial charge on any atom is 0.220 e. The summed E-state index contributed by atoms with van der Waals surface area (Å²) in [6, 6.07) is 7.54. The highest BCUT2D eigenvalue weighted by atomic mass is 16.5. The second-order valence-electron chi connectivity index (χ2n) is 6.01. The van der Waals surface area contributed by atoms with Gasteiger partial charge in [-0.1, -0.05) is 0 Å². The molecule has 1 fully saturated rings. The molecule has 3 N–H and O–H groups in total. The monoisotopic (exact) mass is 329 g/mol. The first-order valence-corrected chi connectivity index (χ1v) is 8.27. The summed E-state index contributed by atoms with van der Waals surface area (Å²) in [7, 11) is 1.63. The number of H-pyrrole nitrogens is 1. The van der Waals surface area contributed by atoms with Gasteiger partial charge in [0.25, 0.3) is 0 Å². The van der Waals surface area contributed by atoms with Crippen molar-refractivity contribution in [3.05, 3.63) is 30.1 Å². The van der Waals surface area contributed by atoms with Crippen molar-refractivity contribution < 1.29 is 9.53 Å². The molecule has 1 unspecified atom stereocenters. The van der Waals surface area contributed by atoms with E-state index in [0.717, 1.165) is 30.8 Å². The first-order chi connectivity index (χ1) is 11.7. The molecule has 0 spiro atoms. The van der Waals surface area contributed by atoms with E-state index in [1.807, 2.05) is 24.3 Å². The predicted octanol–water partition coefficient (Wildman–Crippen LogP) is 1.49. The molecule has 3 rings (SSSR count). The smallest absolute Gasteiger partial charge is 0.220 e. The largest absolute Gasteiger partial charge is 0.497 e. The summed E-state index contributed by atoms with van der Waals surface area (Å²) in [6.45, 7) is 2.46. The standard InChI is InChI=1S/C17H23N5O2/c1-24-14-5-3-13(4-6-14)17-20-15(21-22-17)11-19-16(23)7-2-12-8-9-18-10-12/h3-6,12,18H,2,7-11H2,1H3,(H,19,23)(H,20,21,22). The van der Waals surface area contributed by atoms with E-state index >= 15 is 0 Å². The minimum Gasteiger partial charge on any atom is -0.497 e. The molecule has 24 heavy (non-hydrogen) atoms. The molecule has 1 aliphatic rings. The lowest BCUT2D eigenvalue weighted by Crippen LogP contribution is -2.24. The van der Waals surface area contributed by atoms with E-state index in [-0.39, 0.29) is 5.91 Å². The van der Waals surface area contributed by atoms with Gasteiger partial charge in [0.05, 0.1) is 13.7 Å². The van der Waals surface area contributed by atoms with Crippen LogP contribution in [0.5, 0.6) is 5.75 Å².